The van der Waals surface area contributed by atoms with Crippen LogP contribution < -0.4 is 0 Å². The molecule has 2 saturated heterocycles. The van der Waals surface area contributed by atoms with Crippen LogP contribution >= 0.6 is 0 Å². The van der Waals surface area contributed by atoms with Gasteiger partial charge in [0.05, 0.1) is 19.2 Å². The van der Waals surface area contributed by atoms with E-state index in [1.165, 1.54) is 12.8 Å². The van der Waals surface area contributed by atoms with Gasteiger partial charge in [-0.05, 0) is 31.4 Å². The molecule has 5 heteroatoms. The summed E-state index contributed by atoms with van der Waals surface area (Å²) in [7, 11) is 0. The van der Waals surface area contributed by atoms with Crippen LogP contribution in [0.3, 0.4) is 0 Å². The molecule has 5 nitrogen and oxygen atoms in total. The first kappa shape index (κ1) is 15.2. The molecule has 23 heavy (non-hydrogen) atoms. The van der Waals surface area contributed by atoms with Gasteiger partial charge in [0.2, 0.25) is 0 Å². The van der Waals surface area contributed by atoms with Gasteiger partial charge in [0.1, 0.15) is 11.4 Å². The normalized spacial score (nSPS) is 32.7. The number of piperazine rings is 1. The smallest absolute Gasteiger partial charge is 0.306 e. The molecule has 2 atom stereocenters. The summed E-state index contributed by atoms with van der Waals surface area (Å²) < 4.78 is 11.3. The van der Waals surface area contributed by atoms with Gasteiger partial charge < -0.3 is 9.15 Å². The SMILES string of the molecule is O=C1C[C@@H]2CCCC[C@]2(CN2CCN(Cc3ccco3)CC2)O1. The lowest BCUT2D eigenvalue weighted by Gasteiger charge is -2.43. The first-order valence-corrected chi connectivity index (χ1v) is 8.92. The second-order valence-electron chi connectivity index (χ2n) is 7.32. The van der Waals surface area contributed by atoms with Crippen LogP contribution in [0.1, 0.15) is 37.9 Å². The number of esters is 1. The molecule has 0 N–H and O–H groups in total. The molecule has 0 bridgehead atoms. The Morgan fingerprint density at radius 2 is 2.00 bits per heavy atom. The molecular formula is C18H26N2O3. The van der Waals surface area contributed by atoms with Crippen molar-refractivity contribution in [3.05, 3.63) is 24.2 Å². The number of hydrogen-bond acceptors (Lipinski definition) is 5. The van der Waals surface area contributed by atoms with Gasteiger partial charge in [-0.25, -0.2) is 0 Å². The predicted octanol–water partition coefficient (Wildman–Crippen LogP) is 2.27. The maximum absolute atomic E-state index is 11.8. The van der Waals surface area contributed by atoms with Gasteiger partial charge in [-0.15, -0.1) is 0 Å². The molecule has 2 aliphatic heterocycles. The lowest BCUT2D eigenvalue weighted by atomic mass is 9.75. The Labute approximate surface area is 137 Å². The summed E-state index contributed by atoms with van der Waals surface area (Å²) in [5.74, 6) is 1.51. The van der Waals surface area contributed by atoms with E-state index in [2.05, 4.69) is 9.80 Å². The monoisotopic (exact) mass is 318 g/mol. The van der Waals surface area contributed by atoms with E-state index in [1.54, 1.807) is 6.26 Å². The summed E-state index contributed by atoms with van der Waals surface area (Å²) >= 11 is 0. The minimum absolute atomic E-state index is 0.0216. The van der Waals surface area contributed by atoms with Crippen molar-refractivity contribution in [2.45, 2.75) is 44.2 Å². The maximum atomic E-state index is 11.8. The average Bonchev–Trinajstić information content (AvgIpc) is 3.15. The number of ether oxygens (including phenoxy) is 1. The summed E-state index contributed by atoms with van der Waals surface area (Å²) in [6, 6.07) is 3.98. The third-order valence-electron chi connectivity index (χ3n) is 5.79. The molecule has 126 valence electrons. The van der Waals surface area contributed by atoms with E-state index < -0.39 is 0 Å². The zero-order valence-corrected chi connectivity index (χ0v) is 13.7. The molecule has 1 aromatic heterocycles. The summed E-state index contributed by atoms with van der Waals surface area (Å²) in [6.45, 7) is 6.02. The third kappa shape index (κ3) is 3.17. The zero-order chi connectivity index (χ0) is 15.7. The van der Waals surface area contributed by atoms with Crippen LogP contribution in [0.2, 0.25) is 0 Å². The van der Waals surface area contributed by atoms with Crippen LogP contribution in [0.15, 0.2) is 22.8 Å². The van der Waals surface area contributed by atoms with Crippen LogP contribution in [0.5, 0.6) is 0 Å². The standard InChI is InChI=1S/C18H26N2O3/c21-17-12-15-4-1-2-6-18(15,23-17)14-20-9-7-19(8-10-20)13-16-5-3-11-22-16/h3,5,11,15H,1-2,4,6-10,12-14H2/t15-,18+/m0/s1. The number of hydrogen-bond donors (Lipinski definition) is 0. The largest absolute Gasteiger partial charge is 0.468 e. The van der Waals surface area contributed by atoms with Crippen LogP contribution in [-0.4, -0.2) is 54.1 Å². The van der Waals surface area contributed by atoms with Gasteiger partial charge in [0, 0.05) is 38.6 Å². The fraction of sp³-hybridized carbons (Fsp3) is 0.722. The first-order valence-electron chi connectivity index (χ1n) is 8.92. The number of carbonyl (C=O) groups is 1. The molecule has 1 saturated carbocycles. The lowest BCUT2D eigenvalue weighted by molar-refractivity contribution is -0.154. The Balaban J connectivity index is 1.33. The Morgan fingerprint density at radius 3 is 2.78 bits per heavy atom. The molecule has 1 aliphatic carbocycles. The Hall–Kier alpha value is -1.33. The van der Waals surface area contributed by atoms with Crippen molar-refractivity contribution in [1.82, 2.24) is 9.80 Å². The van der Waals surface area contributed by atoms with E-state index in [9.17, 15) is 4.79 Å². The molecule has 0 aromatic carbocycles. The second kappa shape index (κ2) is 6.29. The summed E-state index contributed by atoms with van der Waals surface area (Å²) in [4.78, 5) is 16.8. The quantitative estimate of drug-likeness (QED) is 0.797. The summed E-state index contributed by atoms with van der Waals surface area (Å²) in [5.41, 5.74) is -0.182. The highest BCUT2D eigenvalue weighted by Gasteiger charge is 2.51. The van der Waals surface area contributed by atoms with Crippen molar-refractivity contribution in [3.63, 3.8) is 0 Å². The number of fused-ring (bicyclic) bond motifs is 1. The van der Waals surface area contributed by atoms with Gasteiger partial charge in [0.25, 0.3) is 0 Å². The summed E-state index contributed by atoms with van der Waals surface area (Å²) in [5, 5.41) is 0. The molecule has 3 heterocycles. The second-order valence-corrected chi connectivity index (χ2v) is 7.32. The molecule has 4 rings (SSSR count). The Kier molecular flexibility index (Phi) is 4.16. The van der Waals surface area contributed by atoms with Gasteiger partial charge in [-0.1, -0.05) is 6.42 Å². The predicted molar refractivity (Wildman–Crippen MR) is 85.8 cm³/mol. The molecule has 0 radical (unpaired) electrons. The average molecular weight is 318 g/mol. The molecule has 0 unspecified atom stereocenters. The van der Waals surface area contributed by atoms with E-state index in [4.69, 9.17) is 9.15 Å². The van der Waals surface area contributed by atoms with Crippen molar-refractivity contribution >= 4 is 5.97 Å². The van der Waals surface area contributed by atoms with Gasteiger partial charge in [-0.2, -0.15) is 0 Å². The van der Waals surface area contributed by atoms with Crippen molar-refractivity contribution in [1.29, 1.82) is 0 Å². The highest BCUT2D eigenvalue weighted by Crippen LogP contribution is 2.44. The minimum atomic E-state index is -0.182. The highest BCUT2D eigenvalue weighted by atomic mass is 16.6. The van der Waals surface area contributed by atoms with E-state index in [0.717, 1.165) is 57.9 Å². The van der Waals surface area contributed by atoms with Gasteiger partial charge >= 0.3 is 5.97 Å². The number of nitrogens with zero attached hydrogens (tertiary/aromatic N) is 2. The van der Waals surface area contributed by atoms with Crippen molar-refractivity contribution in [2.24, 2.45) is 5.92 Å². The molecule has 3 fully saturated rings. The topological polar surface area (TPSA) is 45.9 Å². The van der Waals surface area contributed by atoms with Crippen molar-refractivity contribution in [3.8, 4) is 0 Å². The molecule has 3 aliphatic rings. The number of rotatable bonds is 4. The molecule has 0 amide bonds. The van der Waals surface area contributed by atoms with Gasteiger partial charge in [0.15, 0.2) is 0 Å². The van der Waals surface area contributed by atoms with E-state index in [-0.39, 0.29) is 11.6 Å². The van der Waals surface area contributed by atoms with Gasteiger partial charge in [-0.3, -0.25) is 14.6 Å². The molecular weight excluding hydrogens is 292 g/mol. The third-order valence-corrected chi connectivity index (χ3v) is 5.79. The van der Waals surface area contributed by atoms with Crippen LogP contribution in [0.25, 0.3) is 0 Å². The summed E-state index contributed by atoms with van der Waals surface area (Å²) in [6.07, 6.45) is 7.03. The lowest BCUT2D eigenvalue weighted by Crippen LogP contribution is -2.54. The molecule has 1 aromatic rings. The maximum Gasteiger partial charge on any atom is 0.306 e. The highest BCUT2D eigenvalue weighted by molar-refractivity contribution is 5.73. The Morgan fingerprint density at radius 1 is 1.17 bits per heavy atom. The van der Waals surface area contributed by atoms with Crippen LogP contribution in [-0.2, 0) is 16.1 Å². The zero-order valence-electron chi connectivity index (χ0n) is 13.7. The van der Waals surface area contributed by atoms with E-state index in [0.29, 0.717) is 12.3 Å². The van der Waals surface area contributed by atoms with Crippen molar-refractivity contribution < 1.29 is 13.9 Å². The number of furan rings is 1. The van der Waals surface area contributed by atoms with E-state index in [1.807, 2.05) is 12.1 Å². The van der Waals surface area contributed by atoms with Crippen LogP contribution in [0, 0.1) is 5.92 Å². The Bertz CT molecular complexity index is 536. The van der Waals surface area contributed by atoms with E-state index >= 15 is 0 Å². The number of carbonyl (C=O) groups excluding carboxylic acids is 1. The van der Waals surface area contributed by atoms with Crippen LogP contribution in [0.4, 0.5) is 0 Å². The van der Waals surface area contributed by atoms with Crippen molar-refractivity contribution in [2.75, 3.05) is 32.7 Å². The first-order chi connectivity index (χ1) is 11.2. The fourth-order valence-corrected chi connectivity index (χ4v) is 4.52. The fourth-order valence-electron chi connectivity index (χ4n) is 4.52. The minimum Gasteiger partial charge on any atom is -0.468 e. The molecule has 0 spiro atoms.